The monoisotopic (exact) mass is 498 g/mol. The number of hydrogen-bond acceptors (Lipinski definition) is 5. The molecule has 1 unspecified atom stereocenters. The normalized spacial score (nSPS) is 17.9. The molecule has 0 radical (unpaired) electrons. The molecular formula is C23H19ClN4O5S. The summed E-state index contributed by atoms with van der Waals surface area (Å²) in [5, 5.41) is 3.66. The van der Waals surface area contributed by atoms with Gasteiger partial charge >= 0.3 is 6.03 Å². The van der Waals surface area contributed by atoms with Crippen LogP contribution in [0.15, 0.2) is 83.8 Å². The number of hydrogen-bond donors (Lipinski definition) is 3. The molecule has 11 heteroatoms. The van der Waals surface area contributed by atoms with Crippen LogP contribution in [0, 0.1) is 0 Å². The molecule has 0 bridgehead atoms. The van der Waals surface area contributed by atoms with Crippen LogP contribution in [0.4, 0.5) is 10.5 Å². The number of imide groups is 1. The van der Waals surface area contributed by atoms with Gasteiger partial charge in [0.1, 0.15) is 5.54 Å². The van der Waals surface area contributed by atoms with Gasteiger partial charge in [0, 0.05) is 16.3 Å². The lowest BCUT2D eigenvalue weighted by Gasteiger charge is -2.22. The lowest BCUT2D eigenvalue weighted by atomic mass is 9.92. The molecule has 9 nitrogen and oxygen atoms in total. The standard InChI is InChI=1S/C23H19ClN4O5S/c1-23(16-5-3-2-4-6-16)21(30)28(22(31)25-23)26-20(29)15-7-13-19(14-8-15)34(32,33)27-18-11-9-17(24)10-12-18/h2-14,27H,1H3,(H,25,31)(H,26,29). The summed E-state index contributed by atoms with van der Waals surface area (Å²) in [5.41, 5.74) is 1.88. The van der Waals surface area contributed by atoms with E-state index in [1.54, 1.807) is 49.4 Å². The number of anilines is 1. The Morgan fingerprint density at radius 1 is 0.941 bits per heavy atom. The third kappa shape index (κ3) is 4.45. The van der Waals surface area contributed by atoms with Gasteiger partial charge < -0.3 is 5.32 Å². The van der Waals surface area contributed by atoms with Crippen molar-refractivity contribution < 1.29 is 22.8 Å². The summed E-state index contributed by atoms with van der Waals surface area (Å²) in [6, 6.07) is 19.0. The van der Waals surface area contributed by atoms with E-state index in [1.165, 1.54) is 36.4 Å². The van der Waals surface area contributed by atoms with E-state index in [4.69, 9.17) is 11.6 Å². The highest BCUT2D eigenvalue weighted by Gasteiger charge is 2.50. The molecule has 1 saturated heterocycles. The molecule has 3 N–H and O–H groups in total. The van der Waals surface area contributed by atoms with E-state index in [1.807, 2.05) is 0 Å². The van der Waals surface area contributed by atoms with E-state index < -0.39 is 33.4 Å². The van der Waals surface area contributed by atoms with Gasteiger partial charge in [-0.3, -0.25) is 19.7 Å². The lowest BCUT2D eigenvalue weighted by Crippen LogP contribution is -2.47. The molecule has 1 fully saturated rings. The van der Waals surface area contributed by atoms with E-state index in [9.17, 15) is 22.8 Å². The summed E-state index contributed by atoms with van der Waals surface area (Å²) in [7, 11) is -3.91. The maximum absolute atomic E-state index is 12.9. The molecule has 0 aromatic heterocycles. The fourth-order valence-corrected chi connectivity index (χ4v) is 4.58. The maximum atomic E-state index is 12.9. The first-order valence-electron chi connectivity index (χ1n) is 10.0. The molecule has 0 aliphatic carbocycles. The highest BCUT2D eigenvalue weighted by molar-refractivity contribution is 7.92. The second-order valence-electron chi connectivity index (χ2n) is 7.64. The molecule has 1 heterocycles. The third-order valence-corrected chi connectivity index (χ3v) is 6.93. The second-order valence-corrected chi connectivity index (χ2v) is 9.76. The maximum Gasteiger partial charge on any atom is 0.344 e. The summed E-state index contributed by atoms with van der Waals surface area (Å²) < 4.78 is 27.6. The van der Waals surface area contributed by atoms with Crippen LogP contribution >= 0.6 is 11.6 Å². The predicted octanol–water partition coefficient (Wildman–Crippen LogP) is 3.25. The van der Waals surface area contributed by atoms with Crippen molar-refractivity contribution in [2.24, 2.45) is 0 Å². The largest absolute Gasteiger partial charge is 0.344 e. The van der Waals surface area contributed by atoms with Crippen molar-refractivity contribution in [3.63, 3.8) is 0 Å². The topological polar surface area (TPSA) is 125 Å². The van der Waals surface area contributed by atoms with E-state index in [0.29, 0.717) is 21.3 Å². The second kappa shape index (κ2) is 8.81. The molecule has 3 aromatic carbocycles. The number of nitrogens with one attached hydrogen (secondary N) is 3. The number of carbonyl (C=O) groups excluding carboxylic acids is 3. The number of halogens is 1. The van der Waals surface area contributed by atoms with Crippen LogP contribution < -0.4 is 15.5 Å². The van der Waals surface area contributed by atoms with Gasteiger partial charge in [0.15, 0.2) is 0 Å². The Balaban J connectivity index is 1.47. The smallest absolute Gasteiger partial charge is 0.318 e. The van der Waals surface area contributed by atoms with Gasteiger partial charge in [0.2, 0.25) is 0 Å². The van der Waals surface area contributed by atoms with Gasteiger partial charge in [-0.25, -0.2) is 13.2 Å². The average molecular weight is 499 g/mol. The van der Waals surface area contributed by atoms with Crippen LogP contribution in [0.5, 0.6) is 0 Å². The van der Waals surface area contributed by atoms with Crippen LogP contribution in [0.2, 0.25) is 5.02 Å². The molecule has 4 rings (SSSR count). The molecule has 34 heavy (non-hydrogen) atoms. The van der Waals surface area contributed by atoms with Gasteiger partial charge in [0.05, 0.1) is 4.90 Å². The minimum Gasteiger partial charge on any atom is -0.318 e. The molecule has 1 atom stereocenters. The Bertz CT molecular complexity index is 1360. The zero-order valence-corrected chi connectivity index (χ0v) is 19.4. The quantitative estimate of drug-likeness (QED) is 0.450. The Kier molecular flexibility index (Phi) is 6.03. The first-order valence-corrected chi connectivity index (χ1v) is 11.9. The van der Waals surface area contributed by atoms with Crippen LogP contribution in [-0.4, -0.2) is 31.3 Å². The highest BCUT2D eigenvalue weighted by Crippen LogP contribution is 2.28. The van der Waals surface area contributed by atoms with Gasteiger partial charge in [-0.1, -0.05) is 41.9 Å². The predicted molar refractivity (Wildman–Crippen MR) is 125 cm³/mol. The number of urea groups is 1. The zero-order chi connectivity index (χ0) is 24.5. The van der Waals surface area contributed by atoms with Crippen molar-refractivity contribution in [3.8, 4) is 0 Å². The van der Waals surface area contributed by atoms with Crippen molar-refractivity contribution in [1.29, 1.82) is 0 Å². The van der Waals surface area contributed by atoms with E-state index in [0.717, 1.165) is 0 Å². The molecular weight excluding hydrogens is 480 g/mol. The van der Waals surface area contributed by atoms with Crippen molar-refractivity contribution in [2.45, 2.75) is 17.4 Å². The van der Waals surface area contributed by atoms with E-state index in [-0.39, 0.29) is 10.5 Å². The number of sulfonamides is 1. The number of amides is 4. The minimum absolute atomic E-state index is 0.0550. The number of benzene rings is 3. The summed E-state index contributed by atoms with van der Waals surface area (Å²) in [6.45, 7) is 1.54. The SMILES string of the molecule is CC1(c2ccccc2)NC(=O)N(NC(=O)c2ccc(S(=O)(=O)Nc3ccc(Cl)cc3)cc2)C1=O. The van der Waals surface area contributed by atoms with Crippen molar-refractivity contribution >= 4 is 45.2 Å². The van der Waals surface area contributed by atoms with Crippen LogP contribution in [0.3, 0.4) is 0 Å². The van der Waals surface area contributed by atoms with E-state index in [2.05, 4.69) is 15.5 Å². The Hall–Kier alpha value is -3.89. The van der Waals surface area contributed by atoms with Gasteiger partial charge in [-0.2, -0.15) is 5.01 Å². The van der Waals surface area contributed by atoms with Crippen molar-refractivity contribution in [3.05, 3.63) is 95.0 Å². The first kappa shape index (κ1) is 23.3. The minimum atomic E-state index is -3.91. The molecule has 4 amide bonds. The first-order chi connectivity index (χ1) is 16.1. The van der Waals surface area contributed by atoms with Gasteiger partial charge in [-0.15, -0.1) is 0 Å². The molecule has 1 aliphatic rings. The Morgan fingerprint density at radius 2 is 1.56 bits per heavy atom. The van der Waals surface area contributed by atoms with E-state index >= 15 is 0 Å². The van der Waals surface area contributed by atoms with Crippen LogP contribution in [-0.2, 0) is 20.4 Å². The van der Waals surface area contributed by atoms with Crippen molar-refractivity contribution in [1.82, 2.24) is 15.8 Å². The fourth-order valence-electron chi connectivity index (χ4n) is 3.39. The van der Waals surface area contributed by atoms with Crippen LogP contribution in [0.1, 0.15) is 22.8 Å². The summed E-state index contributed by atoms with van der Waals surface area (Å²) in [6.07, 6.45) is 0. The molecule has 0 spiro atoms. The third-order valence-electron chi connectivity index (χ3n) is 5.28. The molecule has 1 aliphatic heterocycles. The Morgan fingerprint density at radius 3 is 2.18 bits per heavy atom. The summed E-state index contributed by atoms with van der Waals surface area (Å²) in [5.74, 6) is -1.40. The van der Waals surface area contributed by atoms with Crippen LogP contribution in [0.25, 0.3) is 0 Å². The summed E-state index contributed by atoms with van der Waals surface area (Å²) >= 11 is 5.81. The van der Waals surface area contributed by atoms with Gasteiger partial charge in [0.25, 0.3) is 21.8 Å². The summed E-state index contributed by atoms with van der Waals surface area (Å²) in [4.78, 5) is 37.9. The molecule has 0 saturated carbocycles. The Labute approximate surface area is 200 Å². The average Bonchev–Trinajstić information content (AvgIpc) is 3.05. The fraction of sp³-hybridized carbons (Fsp3) is 0.0870. The molecule has 3 aromatic rings. The number of hydrazine groups is 1. The zero-order valence-electron chi connectivity index (χ0n) is 17.8. The number of rotatable bonds is 6. The lowest BCUT2D eigenvalue weighted by molar-refractivity contribution is -0.132. The number of carbonyl (C=O) groups is 3. The number of nitrogens with zero attached hydrogens (tertiary/aromatic N) is 1. The molecule has 174 valence electrons. The highest BCUT2D eigenvalue weighted by atomic mass is 35.5. The van der Waals surface area contributed by atoms with Gasteiger partial charge in [-0.05, 0) is 61.0 Å². The van der Waals surface area contributed by atoms with Crippen molar-refractivity contribution in [2.75, 3.05) is 4.72 Å².